The Hall–Kier alpha value is -1.53. The predicted octanol–water partition coefficient (Wildman–Crippen LogP) is 1.71. The molecule has 0 amide bonds. The lowest BCUT2D eigenvalue weighted by Gasteiger charge is -2.18. The highest BCUT2D eigenvalue weighted by Crippen LogP contribution is 2.34. The number of hydrogen-bond donors (Lipinski definition) is 2. The zero-order valence-electron chi connectivity index (χ0n) is 8.61. The van der Waals surface area contributed by atoms with E-state index in [4.69, 9.17) is 11.0 Å². The molecule has 1 saturated carbocycles. The molecule has 1 aromatic carbocycles. The van der Waals surface area contributed by atoms with Crippen molar-refractivity contribution in [3.8, 4) is 6.07 Å². The van der Waals surface area contributed by atoms with E-state index in [-0.39, 0.29) is 0 Å². The fraction of sp³-hybridized carbons (Fsp3) is 0.417. The number of benzene rings is 1. The minimum Gasteiger partial charge on any atom is -0.380 e. The largest absolute Gasteiger partial charge is 0.380 e. The number of nitriles is 1. The number of nitrogens with two attached hydrogens (primary N) is 1. The van der Waals surface area contributed by atoms with Gasteiger partial charge in [-0.05, 0) is 30.9 Å². The van der Waals surface area contributed by atoms with E-state index < -0.39 is 0 Å². The van der Waals surface area contributed by atoms with Gasteiger partial charge in [-0.3, -0.25) is 0 Å². The van der Waals surface area contributed by atoms with Gasteiger partial charge in [0.2, 0.25) is 0 Å². The maximum absolute atomic E-state index is 8.94. The molecule has 0 saturated heterocycles. The summed E-state index contributed by atoms with van der Waals surface area (Å²) in [6.07, 6.45) is 2.51. The Labute approximate surface area is 89.9 Å². The second-order valence-corrected chi connectivity index (χ2v) is 3.98. The minimum atomic E-state index is 0.319. The van der Waals surface area contributed by atoms with Crippen molar-refractivity contribution in [2.45, 2.75) is 18.9 Å². The Morgan fingerprint density at radius 2 is 2.20 bits per heavy atom. The Morgan fingerprint density at radius 3 is 2.80 bits per heavy atom. The summed E-state index contributed by atoms with van der Waals surface area (Å²) < 4.78 is 0. The lowest BCUT2D eigenvalue weighted by molar-refractivity contribution is 0.645. The summed E-state index contributed by atoms with van der Waals surface area (Å²) >= 11 is 0. The molecule has 0 aromatic heterocycles. The average Bonchev–Trinajstić information content (AvgIpc) is 3.10. The van der Waals surface area contributed by atoms with Crippen LogP contribution in [0.4, 0.5) is 5.69 Å². The monoisotopic (exact) mass is 201 g/mol. The number of nitrogens with zero attached hydrogens (tertiary/aromatic N) is 1. The summed E-state index contributed by atoms with van der Waals surface area (Å²) in [5.74, 6) is 0.696. The third kappa shape index (κ3) is 2.28. The molecular formula is C12H15N3. The van der Waals surface area contributed by atoms with Gasteiger partial charge < -0.3 is 11.1 Å². The van der Waals surface area contributed by atoms with Crippen molar-refractivity contribution in [2.75, 3.05) is 11.9 Å². The summed E-state index contributed by atoms with van der Waals surface area (Å²) in [7, 11) is 0. The Balaban J connectivity index is 2.12. The summed E-state index contributed by atoms with van der Waals surface area (Å²) in [5, 5.41) is 12.3. The predicted molar refractivity (Wildman–Crippen MR) is 60.3 cm³/mol. The van der Waals surface area contributed by atoms with Crippen LogP contribution in [0.5, 0.6) is 0 Å². The van der Waals surface area contributed by atoms with E-state index in [9.17, 15) is 0 Å². The quantitative estimate of drug-likeness (QED) is 0.779. The third-order valence-corrected chi connectivity index (χ3v) is 2.83. The van der Waals surface area contributed by atoms with E-state index in [2.05, 4.69) is 11.4 Å². The molecule has 78 valence electrons. The second-order valence-electron chi connectivity index (χ2n) is 3.98. The molecule has 2 rings (SSSR count). The highest BCUT2D eigenvalue weighted by atomic mass is 15.0. The van der Waals surface area contributed by atoms with Crippen LogP contribution in [-0.4, -0.2) is 12.6 Å². The van der Waals surface area contributed by atoms with Crippen molar-refractivity contribution in [1.29, 1.82) is 5.26 Å². The Morgan fingerprint density at radius 1 is 1.47 bits per heavy atom. The van der Waals surface area contributed by atoms with Crippen LogP contribution in [0, 0.1) is 17.2 Å². The molecule has 1 aliphatic rings. The van der Waals surface area contributed by atoms with Crippen LogP contribution in [0.1, 0.15) is 18.4 Å². The fourth-order valence-corrected chi connectivity index (χ4v) is 1.77. The second kappa shape index (κ2) is 4.33. The van der Waals surface area contributed by atoms with Gasteiger partial charge in [-0.1, -0.05) is 12.1 Å². The van der Waals surface area contributed by atoms with E-state index in [1.807, 2.05) is 24.3 Å². The van der Waals surface area contributed by atoms with Crippen LogP contribution in [0.25, 0.3) is 0 Å². The van der Waals surface area contributed by atoms with E-state index in [0.717, 1.165) is 5.69 Å². The average molecular weight is 201 g/mol. The van der Waals surface area contributed by atoms with Gasteiger partial charge in [-0.2, -0.15) is 5.26 Å². The van der Waals surface area contributed by atoms with Gasteiger partial charge in [0.1, 0.15) is 6.07 Å². The first-order valence-electron chi connectivity index (χ1n) is 5.31. The molecule has 3 nitrogen and oxygen atoms in total. The molecule has 3 heteroatoms. The van der Waals surface area contributed by atoms with Gasteiger partial charge in [0.25, 0.3) is 0 Å². The van der Waals surface area contributed by atoms with Crippen molar-refractivity contribution >= 4 is 5.69 Å². The molecule has 1 fully saturated rings. The van der Waals surface area contributed by atoms with E-state index in [1.165, 1.54) is 12.8 Å². The fourth-order valence-electron chi connectivity index (χ4n) is 1.77. The lowest BCUT2D eigenvalue weighted by atomic mass is 10.1. The Bertz CT molecular complexity index is 377. The molecule has 1 atom stereocenters. The molecule has 0 bridgehead atoms. The van der Waals surface area contributed by atoms with Crippen molar-refractivity contribution in [1.82, 2.24) is 0 Å². The van der Waals surface area contributed by atoms with Gasteiger partial charge in [0, 0.05) is 12.6 Å². The topological polar surface area (TPSA) is 61.8 Å². The summed E-state index contributed by atoms with van der Waals surface area (Å²) in [4.78, 5) is 0. The zero-order chi connectivity index (χ0) is 10.7. The third-order valence-electron chi connectivity index (χ3n) is 2.83. The standard InChI is InChI=1S/C12H15N3/c13-7-10-3-1-2-4-11(10)15-12(8-14)9-5-6-9/h1-4,9,12,15H,5-6,8,14H2. The first-order chi connectivity index (χ1) is 7.35. The zero-order valence-corrected chi connectivity index (χ0v) is 8.61. The maximum atomic E-state index is 8.94. The van der Waals surface area contributed by atoms with Crippen molar-refractivity contribution in [3.05, 3.63) is 29.8 Å². The van der Waals surface area contributed by atoms with Crippen LogP contribution < -0.4 is 11.1 Å². The van der Waals surface area contributed by atoms with E-state index >= 15 is 0 Å². The summed E-state index contributed by atoms with van der Waals surface area (Å²) in [5.41, 5.74) is 7.30. The minimum absolute atomic E-state index is 0.319. The highest BCUT2D eigenvalue weighted by Gasteiger charge is 2.30. The molecular weight excluding hydrogens is 186 g/mol. The number of rotatable bonds is 4. The molecule has 0 radical (unpaired) electrons. The smallest absolute Gasteiger partial charge is 0.101 e. The highest BCUT2D eigenvalue weighted by molar-refractivity contribution is 5.57. The number of para-hydroxylation sites is 1. The summed E-state index contributed by atoms with van der Waals surface area (Å²) in [6, 6.07) is 10.1. The molecule has 0 heterocycles. The van der Waals surface area contributed by atoms with Gasteiger partial charge in [0.15, 0.2) is 0 Å². The lowest BCUT2D eigenvalue weighted by Crippen LogP contribution is -2.31. The summed E-state index contributed by atoms with van der Waals surface area (Å²) in [6.45, 7) is 0.629. The van der Waals surface area contributed by atoms with Crippen LogP contribution >= 0.6 is 0 Å². The van der Waals surface area contributed by atoms with Crippen molar-refractivity contribution in [2.24, 2.45) is 11.7 Å². The van der Waals surface area contributed by atoms with Crippen molar-refractivity contribution < 1.29 is 0 Å². The van der Waals surface area contributed by atoms with Gasteiger partial charge in [0.05, 0.1) is 11.3 Å². The molecule has 0 aliphatic heterocycles. The van der Waals surface area contributed by atoms with Crippen molar-refractivity contribution in [3.63, 3.8) is 0 Å². The van der Waals surface area contributed by atoms with Crippen LogP contribution in [0.15, 0.2) is 24.3 Å². The van der Waals surface area contributed by atoms with E-state index in [1.54, 1.807) is 0 Å². The number of hydrogen-bond acceptors (Lipinski definition) is 3. The first-order valence-corrected chi connectivity index (χ1v) is 5.31. The number of anilines is 1. The van der Waals surface area contributed by atoms with Crippen LogP contribution in [0.2, 0.25) is 0 Å². The molecule has 1 aliphatic carbocycles. The molecule has 1 unspecified atom stereocenters. The maximum Gasteiger partial charge on any atom is 0.101 e. The normalized spacial score (nSPS) is 16.8. The van der Waals surface area contributed by atoms with Gasteiger partial charge in [-0.15, -0.1) is 0 Å². The molecule has 1 aromatic rings. The molecule has 15 heavy (non-hydrogen) atoms. The molecule has 3 N–H and O–H groups in total. The Kier molecular flexibility index (Phi) is 2.89. The van der Waals surface area contributed by atoms with Gasteiger partial charge >= 0.3 is 0 Å². The van der Waals surface area contributed by atoms with Crippen LogP contribution in [-0.2, 0) is 0 Å². The first kappa shape index (κ1) is 10.0. The van der Waals surface area contributed by atoms with Gasteiger partial charge in [-0.25, -0.2) is 0 Å². The number of nitrogens with one attached hydrogen (secondary N) is 1. The molecule has 0 spiro atoms. The SMILES string of the molecule is N#Cc1ccccc1NC(CN)C1CC1. The van der Waals surface area contributed by atoms with E-state index in [0.29, 0.717) is 24.1 Å². The van der Waals surface area contributed by atoms with Crippen LogP contribution in [0.3, 0.4) is 0 Å².